The van der Waals surface area contributed by atoms with E-state index in [4.69, 9.17) is 9.84 Å². The van der Waals surface area contributed by atoms with Crippen LogP contribution in [0.5, 0.6) is 5.75 Å². The van der Waals surface area contributed by atoms with Gasteiger partial charge in [-0.2, -0.15) is 13.2 Å². The summed E-state index contributed by atoms with van der Waals surface area (Å²) in [4.78, 5) is 15.3. The van der Waals surface area contributed by atoms with Gasteiger partial charge in [0.1, 0.15) is 16.6 Å². The molecule has 1 aromatic heterocycles. The molecule has 1 aliphatic carbocycles. The number of hydrogen-bond donors (Lipinski definition) is 2. The third-order valence-corrected chi connectivity index (χ3v) is 8.76. The number of aromatic carboxylic acids is 1. The number of allylic oxidation sites excluding steroid dienone is 2. The highest BCUT2D eigenvalue weighted by Gasteiger charge is 2.39. The Kier molecular flexibility index (Phi) is 7.29. The van der Waals surface area contributed by atoms with Crippen LogP contribution in [0.25, 0.3) is 16.1 Å². The smallest absolute Gasteiger partial charge is 0.392 e. The summed E-state index contributed by atoms with van der Waals surface area (Å²) >= 11 is 0.852. The van der Waals surface area contributed by atoms with Crippen LogP contribution in [0.4, 0.5) is 23.2 Å². The zero-order valence-corrected chi connectivity index (χ0v) is 20.8. The average Bonchev–Trinajstić information content (AvgIpc) is 3.35. The molecule has 37 heavy (non-hydrogen) atoms. The number of carboxylic acid groups (broad SMARTS) is 1. The van der Waals surface area contributed by atoms with Crippen molar-refractivity contribution in [1.29, 1.82) is 0 Å². The molecule has 0 aliphatic heterocycles. The standard InChI is InChI=1S/C24H20F4N2O5S2/c1-35-20-10-17(23(31)32)18(25)11-19(20)30-37(33,34)21-12-29-22(36-21)15-4-2-13(3-5-15)14-6-8-16(9-7-14)24(26,27)28/h2-6,10-12,16,30H,7-9H2,1H3,(H,31,32). The minimum Gasteiger partial charge on any atom is -0.495 e. The fourth-order valence-corrected chi connectivity index (χ4v) is 6.10. The van der Waals surface area contributed by atoms with Crippen molar-refractivity contribution in [2.24, 2.45) is 5.92 Å². The number of nitrogens with one attached hydrogen (secondary N) is 1. The number of nitrogens with zero attached hydrogens (tertiary/aromatic N) is 1. The zero-order valence-electron chi connectivity index (χ0n) is 19.2. The van der Waals surface area contributed by atoms with Crippen molar-refractivity contribution < 1.29 is 40.6 Å². The molecule has 1 atom stereocenters. The molecule has 0 radical (unpaired) electrons. The highest BCUT2D eigenvalue weighted by Crippen LogP contribution is 2.40. The van der Waals surface area contributed by atoms with Crippen molar-refractivity contribution in [3.63, 3.8) is 0 Å². The lowest BCUT2D eigenvalue weighted by atomic mass is 9.86. The number of carboxylic acids is 1. The Morgan fingerprint density at radius 1 is 1.19 bits per heavy atom. The lowest BCUT2D eigenvalue weighted by Gasteiger charge is -2.24. The van der Waals surface area contributed by atoms with E-state index in [0.717, 1.165) is 40.8 Å². The van der Waals surface area contributed by atoms with Crippen LogP contribution in [0.2, 0.25) is 0 Å². The van der Waals surface area contributed by atoms with E-state index in [9.17, 15) is 30.8 Å². The quantitative estimate of drug-likeness (QED) is 0.336. The van der Waals surface area contributed by atoms with Crippen LogP contribution < -0.4 is 9.46 Å². The van der Waals surface area contributed by atoms with Gasteiger partial charge < -0.3 is 9.84 Å². The molecule has 0 saturated carbocycles. The number of alkyl halides is 3. The predicted octanol–water partition coefficient (Wildman–Crippen LogP) is 6.20. The first-order valence-corrected chi connectivity index (χ1v) is 13.1. The maximum absolute atomic E-state index is 14.1. The van der Waals surface area contributed by atoms with Gasteiger partial charge in [0.25, 0.3) is 10.0 Å². The van der Waals surface area contributed by atoms with E-state index in [1.807, 2.05) is 0 Å². The van der Waals surface area contributed by atoms with Gasteiger partial charge in [-0.15, -0.1) is 11.3 Å². The molecule has 0 amide bonds. The maximum atomic E-state index is 14.1. The van der Waals surface area contributed by atoms with E-state index in [2.05, 4.69) is 9.71 Å². The van der Waals surface area contributed by atoms with Gasteiger partial charge in [-0.1, -0.05) is 30.3 Å². The Hall–Kier alpha value is -3.45. The Labute approximate surface area is 213 Å². The molecule has 0 bridgehead atoms. The first kappa shape index (κ1) is 26.6. The fourth-order valence-electron chi connectivity index (χ4n) is 3.90. The summed E-state index contributed by atoms with van der Waals surface area (Å²) < 4.78 is 85.6. The topological polar surface area (TPSA) is 106 Å². The average molecular weight is 557 g/mol. The molecule has 1 heterocycles. The third-order valence-electron chi connectivity index (χ3n) is 5.89. The number of sulfonamides is 1. The largest absolute Gasteiger partial charge is 0.495 e. The van der Waals surface area contributed by atoms with Crippen LogP contribution in [0.3, 0.4) is 0 Å². The molecule has 1 unspecified atom stereocenters. The number of carbonyl (C=O) groups is 1. The summed E-state index contributed by atoms with van der Waals surface area (Å²) in [6, 6.07) is 8.51. The third kappa shape index (κ3) is 5.77. The second-order valence-electron chi connectivity index (χ2n) is 8.25. The van der Waals surface area contributed by atoms with Crippen molar-refractivity contribution in [1.82, 2.24) is 4.98 Å². The van der Waals surface area contributed by atoms with Crippen LogP contribution in [0, 0.1) is 11.7 Å². The first-order chi connectivity index (χ1) is 17.4. The Balaban J connectivity index is 1.52. The van der Waals surface area contributed by atoms with E-state index >= 15 is 0 Å². The van der Waals surface area contributed by atoms with Gasteiger partial charge in [-0.05, 0) is 36.5 Å². The molecule has 0 fully saturated rings. The molecule has 0 spiro atoms. The lowest BCUT2D eigenvalue weighted by molar-refractivity contribution is -0.175. The zero-order chi connectivity index (χ0) is 27.0. The molecule has 7 nitrogen and oxygen atoms in total. The van der Waals surface area contributed by atoms with Crippen molar-refractivity contribution >= 4 is 38.6 Å². The van der Waals surface area contributed by atoms with Crippen molar-refractivity contribution in [2.75, 3.05) is 11.8 Å². The Bertz CT molecular complexity index is 1470. The normalized spacial score (nSPS) is 16.2. The van der Waals surface area contributed by atoms with E-state index < -0.39 is 39.5 Å². The van der Waals surface area contributed by atoms with E-state index in [1.54, 1.807) is 30.3 Å². The van der Waals surface area contributed by atoms with Crippen LogP contribution in [-0.4, -0.2) is 37.8 Å². The molecule has 2 aromatic carbocycles. The minimum atomic E-state index is -4.21. The molecule has 13 heteroatoms. The van der Waals surface area contributed by atoms with Gasteiger partial charge in [0.2, 0.25) is 0 Å². The number of hydrogen-bond acceptors (Lipinski definition) is 6. The number of halogens is 4. The number of ether oxygens (including phenoxy) is 1. The first-order valence-electron chi connectivity index (χ1n) is 10.8. The highest BCUT2D eigenvalue weighted by atomic mass is 32.2. The summed E-state index contributed by atoms with van der Waals surface area (Å²) in [6.45, 7) is 0. The summed E-state index contributed by atoms with van der Waals surface area (Å²) in [7, 11) is -3.03. The molecule has 4 rings (SSSR count). The van der Waals surface area contributed by atoms with Gasteiger partial charge in [-0.3, -0.25) is 4.72 Å². The summed E-state index contributed by atoms with van der Waals surface area (Å²) in [5.74, 6) is -4.18. The second-order valence-corrected chi connectivity index (χ2v) is 11.2. The summed E-state index contributed by atoms with van der Waals surface area (Å²) in [6.07, 6.45) is -1.18. The number of thiazole rings is 1. The van der Waals surface area contributed by atoms with Crippen LogP contribution >= 0.6 is 11.3 Å². The van der Waals surface area contributed by atoms with Crippen molar-refractivity contribution in [2.45, 2.75) is 29.6 Å². The lowest BCUT2D eigenvalue weighted by Crippen LogP contribution is -2.24. The number of methoxy groups -OCH3 is 1. The van der Waals surface area contributed by atoms with E-state index in [-0.39, 0.29) is 28.5 Å². The van der Waals surface area contributed by atoms with Crippen LogP contribution in [0.1, 0.15) is 35.2 Å². The van der Waals surface area contributed by atoms with E-state index in [0.29, 0.717) is 17.0 Å². The van der Waals surface area contributed by atoms with Gasteiger partial charge in [-0.25, -0.2) is 22.6 Å². The molecular weight excluding hydrogens is 536 g/mol. The SMILES string of the molecule is COc1cc(C(=O)O)c(F)cc1NS(=O)(=O)c1cnc(-c2ccc(C3=CCC(C(F)(F)F)CC3)cc2)s1. The summed E-state index contributed by atoms with van der Waals surface area (Å²) in [5.41, 5.74) is 1.27. The minimum absolute atomic E-state index is 0.0332. The highest BCUT2D eigenvalue weighted by molar-refractivity contribution is 7.94. The number of benzene rings is 2. The van der Waals surface area contributed by atoms with Crippen molar-refractivity contribution in [3.8, 4) is 16.3 Å². The summed E-state index contributed by atoms with van der Waals surface area (Å²) in [5, 5.41) is 9.42. The van der Waals surface area contributed by atoms with Gasteiger partial charge in [0, 0.05) is 11.6 Å². The van der Waals surface area contributed by atoms with Gasteiger partial charge in [0.05, 0.1) is 30.5 Å². The van der Waals surface area contributed by atoms with Crippen LogP contribution in [0.15, 0.2) is 52.9 Å². The number of rotatable bonds is 7. The van der Waals surface area contributed by atoms with Crippen molar-refractivity contribution in [3.05, 3.63) is 65.6 Å². The number of anilines is 1. The number of aromatic nitrogens is 1. The van der Waals surface area contributed by atoms with Crippen LogP contribution in [-0.2, 0) is 10.0 Å². The molecule has 196 valence electrons. The van der Waals surface area contributed by atoms with Gasteiger partial charge >= 0.3 is 12.1 Å². The van der Waals surface area contributed by atoms with E-state index in [1.165, 1.54) is 7.11 Å². The maximum Gasteiger partial charge on any atom is 0.392 e. The molecular formula is C24H20F4N2O5S2. The molecule has 2 N–H and O–H groups in total. The Morgan fingerprint density at radius 2 is 1.86 bits per heavy atom. The molecule has 3 aromatic rings. The predicted molar refractivity (Wildman–Crippen MR) is 130 cm³/mol. The molecule has 1 aliphatic rings. The Morgan fingerprint density at radius 3 is 2.43 bits per heavy atom. The monoisotopic (exact) mass is 556 g/mol. The molecule has 0 saturated heterocycles. The fraction of sp³-hybridized carbons (Fsp3) is 0.250. The second kappa shape index (κ2) is 10.1. The van der Waals surface area contributed by atoms with Gasteiger partial charge in [0.15, 0.2) is 4.21 Å².